The minimum absolute atomic E-state index is 0.150. The quantitative estimate of drug-likeness (QED) is 0.173. The van der Waals surface area contributed by atoms with E-state index in [2.05, 4.69) is 195 Å². The average molecular weight is 755 g/mol. The predicted octanol–water partition coefficient (Wildman–Crippen LogP) is 15.8. The molecule has 2 aliphatic heterocycles. The molecule has 0 fully saturated rings. The lowest BCUT2D eigenvalue weighted by Crippen LogP contribution is -2.30. The van der Waals surface area contributed by atoms with E-state index in [4.69, 9.17) is 0 Å². The lowest BCUT2D eigenvalue weighted by atomic mass is 9.73. The minimum Gasteiger partial charge on any atom is -0.310 e. The van der Waals surface area contributed by atoms with Gasteiger partial charge in [-0.2, -0.15) is 0 Å². The van der Waals surface area contributed by atoms with Crippen LogP contribution in [-0.4, -0.2) is 0 Å². The molecule has 2 aromatic heterocycles. The van der Waals surface area contributed by atoms with Crippen LogP contribution in [0.15, 0.2) is 158 Å². The molecule has 4 heterocycles. The maximum absolute atomic E-state index is 2.50. The van der Waals surface area contributed by atoms with Gasteiger partial charge >= 0.3 is 0 Å². The Hall–Kier alpha value is -5.94. The Labute approximate surface area is 334 Å². The molecule has 0 saturated carbocycles. The molecule has 2 aliphatic rings. The summed E-state index contributed by atoms with van der Waals surface area (Å²) in [5.41, 5.74) is 12.5. The molecular weight excluding hydrogens is 717 g/mol. The Morgan fingerprint density at radius 1 is 0.339 bits per heavy atom. The van der Waals surface area contributed by atoms with Crippen LogP contribution in [-0.2, 0) is 10.8 Å². The summed E-state index contributed by atoms with van der Waals surface area (Å²) in [6, 6.07) is 59.5. The Balaban J connectivity index is 1.03. The SMILES string of the molecule is CC1(C)c2ccccc2N(c2ccc3cc(N4c5ccccc5C(C)(C)c5cc6c(cc54)sc4ccccc46)ccc3c2)c2cc3sc4ccccc4c3cc21. The van der Waals surface area contributed by atoms with Crippen LogP contribution in [0.4, 0.5) is 34.1 Å². The molecule has 0 radical (unpaired) electrons. The Morgan fingerprint density at radius 3 is 1.21 bits per heavy atom. The fourth-order valence-electron chi connectivity index (χ4n) is 9.89. The lowest BCUT2D eigenvalue weighted by Gasteiger charge is -2.42. The summed E-state index contributed by atoms with van der Waals surface area (Å²) in [6.07, 6.45) is 0. The number of fused-ring (bicyclic) bond motifs is 11. The fourth-order valence-corrected chi connectivity index (χ4v) is 12.1. The number of nitrogens with zero attached hydrogens (tertiary/aromatic N) is 2. The number of benzene rings is 8. The van der Waals surface area contributed by atoms with Gasteiger partial charge in [0.25, 0.3) is 0 Å². The highest BCUT2D eigenvalue weighted by Crippen LogP contribution is 2.56. The molecule has 0 unspecified atom stereocenters. The Morgan fingerprint density at radius 2 is 0.750 bits per heavy atom. The standard InChI is InChI=1S/C52H38N2S2/c1-51(2)39-15-7-9-17-43(39)53(45-29-49-37(27-41(45)51)35-13-5-11-19-47(35)55-49)33-23-21-32-26-34(24-22-31(32)25-33)54-44-18-10-8-16-40(44)52(3,4)42-28-38-36-14-6-12-20-48(36)56-50(38)30-46(42)54/h5-30H,1-4H3. The van der Waals surface area contributed by atoms with Crippen molar-refractivity contribution >= 4 is 108 Å². The molecular formula is C52H38N2S2. The number of rotatable bonds is 2. The molecule has 0 amide bonds. The van der Waals surface area contributed by atoms with Gasteiger partial charge in [-0.15, -0.1) is 22.7 Å². The maximum atomic E-state index is 2.50. The van der Waals surface area contributed by atoms with Crippen LogP contribution >= 0.6 is 22.7 Å². The molecule has 0 N–H and O–H groups in total. The topological polar surface area (TPSA) is 6.48 Å². The van der Waals surface area contributed by atoms with Gasteiger partial charge in [-0.05, 0) is 106 Å². The van der Waals surface area contributed by atoms with Gasteiger partial charge in [0.15, 0.2) is 0 Å². The first-order valence-electron chi connectivity index (χ1n) is 19.5. The Bertz CT molecular complexity index is 3070. The molecule has 0 saturated heterocycles. The number of hydrogen-bond acceptors (Lipinski definition) is 4. The van der Waals surface area contributed by atoms with Gasteiger partial charge in [-0.1, -0.05) is 113 Å². The largest absolute Gasteiger partial charge is 0.310 e. The first-order valence-corrected chi connectivity index (χ1v) is 21.1. The number of para-hydroxylation sites is 2. The van der Waals surface area contributed by atoms with Crippen molar-refractivity contribution in [3.8, 4) is 0 Å². The van der Waals surface area contributed by atoms with Gasteiger partial charge in [0.2, 0.25) is 0 Å². The van der Waals surface area contributed by atoms with Crippen molar-refractivity contribution in [1.29, 1.82) is 0 Å². The summed E-state index contributed by atoms with van der Waals surface area (Å²) in [5.74, 6) is 0. The van der Waals surface area contributed by atoms with E-state index < -0.39 is 0 Å². The van der Waals surface area contributed by atoms with Crippen LogP contribution < -0.4 is 9.80 Å². The fraction of sp³-hybridized carbons (Fsp3) is 0.115. The van der Waals surface area contributed by atoms with Crippen LogP contribution in [0.25, 0.3) is 51.1 Å². The zero-order chi connectivity index (χ0) is 37.5. The van der Waals surface area contributed by atoms with E-state index in [0.29, 0.717) is 0 Å². The molecule has 0 aliphatic carbocycles. The van der Waals surface area contributed by atoms with Crippen molar-refractivity contribution in [1.82, 2.24) is 0 Å². The highest BCUT2D eigenvalue weighted by Gasteiger charge is 2.39. The second kappa shape index (κ2) is 11.3. The van der Waals surface area contributed by atoms with Gasteiger partial charge < -0.3 is 9.80 Å². The van der Waals surface area contributed by atoms with E-state index in [1.807, 2.05) is 22.7 Å². The second-order valence-corrected chi connectivity index (χ2v) is 18.8. The number of anilines is 6. The van der Waals surface area contributed by atoms with Gasteiger partial charge in [-0.25, -0.2) is 0 Å². The third-order valence-corrected chi connectivity index (χ3v) is 15.0. The Kier molecular flexibility index (Phi) is 6.53. The first kappa shape index (κ1) is 32.3. The zero-order valence-electron chi connectivity index (χ0n) is 31.7. The van der Waals surface area contributed by atoms with E-state index in [1.54, 1.807) is 0 Å². The molecule has 10 aromatic rings. The van der Waals surface area contributed by atoms with Crippen molar-refractivity contribution in [2.24, 2.45) is 0 Å². The minimum atomic E-state index is -0.150. The maximum Gasteiger partial charge on any atom is 0.0517 e. The summed E-state index contributed by atoms with van der Waals surface area (Å²) in [7, 11) is 0. The number of thiophene rings is 2. The summed E-state index contributed by atoms with van der Waals surface area (Å²) in [6.45, 7) is 9.53. The van der Waals surface area contributed by atoms with Crippen molar-refractivity contribution < 1.29 is 0 Å². The molecule has 268 valence electrons. The molecule has 56 heavy (non-hydrogen) atoms. The molecule has 8 aromatic carbocycles. The summed E-state index contributed by atoms with van der Waals surface area (Å²) in [5, 5.41) is 7.83. The summed E-state index contributed by atoms with van der Waals surface area (Å²) in [4.78, 5) is 5.01. The van der Waals surface area contributed by atoms with Crippen molar-refractivity contribution in [3.05, 3.63) is 180 Å². The summed E-state index contributed by atoms with van der Waals surface area (Å²) < 4.78 is 5.33. The van der Waals surface area contributed by atoms with Crippen molar-refractivity contribution in [2.75, 3.05) is 9.80 Å². The normalized spacial score (nSPS) is 15.4. The van der Waals surface area contributed by atoms with Gasteiger partial charge in [0.05, 0.1) is 22.7 Å². The van der Waals surface area contributed by atoms with Crippen LogP contribution in [0.3, 0.4) is 0 Å². The first-order chi connectivity index (χ1) is 27.3. The third kappa shape index (κ3) is 4.37. The molecule has 4 heteroatoms. The van der Waals surface area contributed by atoms with Gasteiger partial charge in [0, 0.05) is 62.5 Å². The highest BCUT2D eigenvalue weighted by molar-refractivity contribution is 7.26. The van der Waals surface area contributed by atoms with Gasteiger partial charge in [-0.3, -0.25) is 0 Å². The smallest absolute Gasteiger partial charge is 0.0517 e. The van der Waals surface area contributed by atoms with E-state index in [1.165, 1.54) is 107 Å². The van der Waals surface area contributed by atoms with E-state index >= 15 is 0 Å². The second-order valence-electron chi connectivity index (χ2n) is 16.6. The van der Waals surface area contributed by atoms with E-state index in [9.17, 15) is 0 Å². The predicted molar refractivity (Wildman–Crippen MR) is 243 cm³/mol. The summed E-state index contributed by atoms with van der Waals surface area (Å²) >= 11 is 3.78. The van der Waals surface area contributed by atoms with E-state index in [0.717, 1.165) is 0 Å². The average Bonchev–Trinajstić information content (AvgIpc) is 3.77. The zero-order valence-corrected chi connectivity index (χ0v) is 33.4. The van der Waals surface area contributed by atoms with Crippen molar-refractivity contribution in [3.63, 3.8) is 0 Å². The molecule has 0 atom stereocenters. The van der Waals surface area contributed by atoms with E-state index in [-0.39, 0.29) is 10.8 Å². The lowest BCUT2D eigenvalue weighted by molar-refractivity contribution is 0.633. The molecule has 12 rings (SSSR count). The van der Waals surface area contributed by atoms with Crippen LogP contribution in [0.1, 0.15) is 49.9 Å². The third-order valence-electron chi connectivity index (χ3n) is 12.8. The van der Waals surface area contributed by atoms with Crippen molar-refractivity contribution in [2.45, 2.75) is 38.5 Å². The van der Waals surface area contributed by atoms with Crippen LogP contribution in [0.5, 0.6) is 0 Å². The van der Waals surface area contributed by atoms with Gasteiger partial charge in [0.1, 0.15) is 0 Å². The molecule has 2 nitrogen and oxygen atoms in total. The highest BCUT2D eigenvalue weighted by atomic mass is 32.1. The molecule has 0 spiro atoms. The van der Waals surface area contributed by atoms with Crippen LogP contribution in [0, 0.1) is 0 Å². The monoisotopic (exact) mass is 754 g/mol. The number of hydrogen-bond donors (Lipinski definition) is 0. The van der Waals surface area contributed by atoms with Crippen LogP contribution in [0.2, 0.25) is 0 Å². The molecule has 0 bridgehead atoms.